The van der Waals surface area contributed by atoms with Crippen molar-refractivity contribution in [1.82, 2.24) is 19.9 Å². The summed E-state index contributed by atoms with van der Waals surface area (Å²) in [6.45, 7) is 4.03. The fraction of sp³-hybridized carbons (Fsp3) is 0.280. The number of amides is 2. The number of aromatic nitrogens is 2. The molecule has 0 N–H and O–H groups in total. The van der Waals surface area contributed by atoms with Gasteiger partial charge in [-0.1, -0.05) is 41.0 Å². The Bertz CT molecular complexity index is 1290. The van der Waals surface area contributed by atoms with Gasteiger partial charge in [0.05, 0.1) is 4.92 Å². The fourth-order valence-electron chi connectivity index (χ4n) is 4.17. The third kappa shape index (κ3) is 5.60. The van der Waals surface area contributed by atoms with Gasteiger partial charge in [-0.15, -0.1) is 6.58 Å². The summed E-state index contributed by atoms with van der Waals surface area (Å²) in [4.78, 5) is 44.5. The van der Waals surface area contributed by atoms with Crippen molar-refractivity contribution in [3.63, 3.8) is 0 Å². The van der Waals surface area contributed by atoms with E-state index >= 15 is 0 Å². The van der Waals surface area contributed by atoms with E-state index in [-0.39, 0.29) is 30.2 Å². The molecule has 1 unspecified atom stereocenters. The maximum Gasteiger partial charge on any atom is 0.270 e. The van der Waals surface area contributed by atoms with E-state index in [0.29, 0.717) is 35.3 Å². The van der Waals surface area contributed by atoms with Gasteiger partial charge in [-0.2, -0.15) is 4.98 Å². The standard InChI is InChI=1S/C25H24ClN5O5/c1-2-12-29(25(33)18-8-6-10-20(15-18)31(34)35)16-22(32)30-13-4-3-11-21(30)24-27-23(28-36-24)17-7-5-9-19(26)14-17/h2,5-10,14-15,21H,1,3-4,11-13,16H2. The van der Waals surface area contributed by atoms with Crippen LogP contribution < -0.4 is 0 Å². The molecule has 1 saturated heterocycles. The van der Waals surface area contributed by atoms with E-state index in [4.69, 9.17) is 16.1 Å². The van der Waals surface area contributed by atoms with Crippen LogP contribution in [-0.4, -0.2) is 56.3 Å². The number of piperidine rings is 1. The number of benzene rings is 2. The highest BCUT2D eigenvalue weighted by Crippen LogP contribution is 2.32. The number of hydrogen-bond donors (Lipinski definition) is 0. The molecular weight excluding hydrogens is 486 g/mol. The van der Waals surface area contributed by atoms with Crippen molar-refractivity contribution in [2.24, 2.45) is 0 Å². The molecule has 0 aliphatic carbocycles. The average Bonchev–Trinajstić information content (AvgIpc) is 3.38. The van der Waals surface area contributed by atoms with Crippen molar-refractivity contribution < 1.29 is 19.0 Å². The van der Waals surface area contributed by atoms with Crippen molar-refractivity contribution in [3.05, 3.63) is 87.8 Å². The Morgan fingerprint density at radius 1 is 1.25 bits per heavy atom. The molecule has 1 aliphatic rings. The lowest BCUT2D eigenvalue weighted by atomic mass is 10.0. The Morgan fingerprint density at radius 2 is 2.06 bits per heavy atom. The van der Waals surface area contributed by atoms with Gasteiger partial charge >= 0.3 is 0 Å². The lowest BCUT2D eigenvalue weighted by molar-refractivity contribution is -0.384. The highest BCUT2D eigenvalue weighted by Gasteiger charge is 2.33. The summed E-state index contributed by atoms with van der Waals surface area (Å²) in [7, 11) is 0. The van der Waals surface area contributed by atoms with Gasteiger partial charge < -0.3 is 14.3 Å². The van der Waals surface area contributed by atoms with Crippen LogP contribution in [0.1, 0.15) is 41.6 Å². The zero-order valence-electron chi connectivity index (χ0n) is 19.4. The minimum Gasteiger partial charge on any atom is -0.337 e. The van der Waals surface area contributed by atoms with Crippen LogP contribution in [0.25, 0.3) is 11.4 Å². The number of carbonyl (C=O) groups is 2. The number of nitro benzene ring substituents is 1. The van der Waals surface area contributed by atoms with E-state index < -0.39 is 16.9 Å². The van der Waals surface area contributed by atoms with E-state index in [1.807, 2.05) is 6.07 Å². The first-order valence-corrected chi connectivity index (χ1v) is 11.8. The second kappa shape index (κ2) is 11.1. The predicted molar refractivity (Wildman–Crippen MR) is 132 cm³/mol. The lowest BCUT2D eigenvalue weighted by Gasteiger charge is -2.35. The topological polar surface area (TPSA) is 123 Å². The number of non-ortho nitro benzene ring substituents is 1. The number of likely N-dealkylation sites (tertiary alicyclic amines) is 1. The number of halogens is 1. The van der Waals surface area contributed by atoms with Gasteiger partial charge in [0.15, 0.2) is 0 Å². The van der Waals surface area contributed by atoms with Crippen LogP contribution in [0.2, 0.25) is 5.02 Å². The molecule has 36 heavy (non-hydrogen) atoms. The predicted octanol–water partition coefficient (Wildman–Crippen LogP) is 4.68. The Morgan fingerprint density at radius 3 is 2.81 bits per heavy atom. The second-order valence-corrected chi connectivity index (χ2v) is 8.78. The molecule has 3 aromatic rings. The molecule has 11 heteroatoms. The normalized spacial score (nSPS) is 15.4. The van der Waals surface area contributed by atoms with Crippen molar-refractivity contribution >= 4 is 29.1 Å². The van der Waals surface area contributed by atoms with Crippen LogP contribution >= 0.6 is 11.6 Å². The van der Waals surface area contributed by atoms with Crippen molar-refractivity contribution in [2.45, 2.75) is 25.3 Å². The molecule has 1 aromatic heterocycles. The van der Waals surface area contributed by atoms with Crippen LogP contribution in [0.3, 0.4) is 0 Å². The van der Waals surface area contributed by atoms with E-state index in [0.717, 1.165) is 12.8 Å². The minimum atomic E-state index is -0.569. The van der Waals surface area contributed by atoms with Gasteiger partial charge in [0.1, 0.15) is 12.6 Å². The smallest absolute Gasteiger partial charge is 0.270 e. The highest BCUT2D eigenvalue weighted by molar-refractivity contribution is 6.30. The van der Waals surface area contributed by atoms with Crippen LogP contribution in [0, 0.1) is 10.1 Å². The molecule has 0 spiro atoms. The van der Waals surface area contributed by atoms with Crippen molar-refractivity contribution in [1.29, 1.82) is 0 Å². The average molecular weight is 510 g/mol. The summed E-state index contributed by atoms with van der Waals surface area (Å²) < 4.78 is 5.53. The fourth-order valence-corrected chi connectivity index (χ4v) is 4.36. The van der Waals surface area contributed by atoms with Crippen LogP contribution in [0.15, 0.2) is 65.7 Å². The molecule has 1 atom stereocenters. The summed E-state index contributed by atoms with van der Waals surface area (Å²) in [5, 5.41) is 15.7. The SMILES string of the molecule is C=CCN(CC(=O)N1CCCCC1c1nc(-c2cccc(Cl)c2)no1)C(=O)c1cccc([N+](=O)[O-])c1. The van der Waals surface area contributed by atoms with E-state index in [2.05, 4.69) is 16.7 Å². The Hall–Kier alpha value is -4.05. The van der Waals surface area contributed by atoms with E-state index in [1.165, 1.54) is 35.2 Å². The summed E-state index contributed by atoms with van der Waals surface area (Å²) in [6, 6.07) is 12.1. The molecule has 4 rings (SSSR count). The number of nitrogens with zero attached hydrogens (tertiary/aromatic N) is 5. The first kappa shape index (κ1) is 25.1. The first-order valence-electron chi connectivity index (χ1n) is 11.4. The lowest BCUT2D eigenvalue weighted by Crippen LogP contribution is -2.46. The highest BCUT2D eigenvalue weighted by atomic mass is 35.5. The molecule has 10 nitrogen and oxygen atoms in total. The number of hydrogen-bond acceptors (Lipinski definition) is 7. The number of rotatable bonds is 8. The van der Waals surface area contributed by atoms with Crippen LogP contribution in [0.5, 0.6) is 0 Å². The zero-order chi connectivity index (χ0) is 25.7. The summed E-state index contributed by atoms with van der Waals surface area (Å²) in [5.41, 5.74) is 0.622. The zero-order valence-corrected chi connectivity index (χ0v) is 20.1. The van der Waals surface area contributed by atoms with E-state index in [9.17, 15) is 19.7 Å². The van der Waals surface area contributed by atoms with Crippen LogP contribution in [0.4, 0.5) is 5.69 Å². The van der Waals surface area contributed by atoms with Gasteiger partial charge in [-0.3, -0.25) is 19.7 Å². The molecule has 0 saturated carbocycles. The minimum absolute atomic E-state index is 0.102. The molecule has 1 fully saturated rings. The molecular formula is C25H24ClN5O5. The molecule has 2 aromatic carbocycles. The molecule has 2 heterocycles. The molecule has 186 valence electrons. The van der Waals surface area contributed by atoms with Gasteiger partial charge in [-0.05, 0) is 37.5 Å². The molecule has 1 aliphatic heterocycles. The second-order valence-electron chi connectivity index (χ2n) is 8.35. The summed E-state index contributed by atoms with van der Waals surface area (Å²) in [5.74, 6) is -0.0951. The van der Waals surface area contributed by atoms with Crippen LogP contribution in [-0.2, 0) is 4.79 Å². The summed E-state index contributed by atoms with van der Waals surface area (Å²) >= 11 is 6.07. The monoisotopic (exact) mass is 509 g/mol. The Balaban J connectivity index is 1.53. The number of nitro groups is 1. The van der Waals surface area contributed by atoms with Crippen molar-refractivity contribution in [2.75, 3.05) is 19.6 Å². The van der Waals surface area contributed by atoms with Gasteiger partial charge in [0.25, 0.3) is 11.6 Å². The summed E-state index contributed by atoms with van der Waals surface area (Å²) in [6.07, 6.45) is 3.83. The first-order chi connectivity index (χ1) is 17.4. The van der Waals surface area contributed by atoms with Crippen molar-refractivity contribution in [3.8, 4) is 11.4 Å². The maximum atomic E-state index is 13.4. The largest absolute Gasteiger partial charge is 0.337 e. The molecule has 0 bridgehead atoms. The maximum absolute atomic E-state index is 13.4. The van der Waals surface area contributed by atoms with Gasteiger partial charge in [-0.25, -0.2) is 0 Å². The third-order valence-corrected chi connectivity index (χ3v) is 6.13. The van der Waals surface area contributed by atoms with E-state index in [1.54, 1.807) is 23.1 Å². The number of carbonyl (C=O) groups excluding carboxylic acids is 2. The quantitative estimate of drug-likeness (QED) is 0.245. The Kier molecular flexibility index (Phi) is 7.74. The van der Waals surface area contributed by atoms with Gasteiger partial charge in [0.2, 0.25) is 17.6 Å². The Labute approximate surface area is 212 Å². The van der Waals surface area contributed by atoms with Gasteiger partial charge in [0, 0.05) is 41.4 Å². The third-order valence-electron chi connectivity index (χ3n) is 5.90. The molecule has 2 amide bonds. The molecule has 0 radical (unpaired) electrons.